The van der Waals surface area contributed by atoms with E-state index in [1.54, 1.807) is 11.8 Å². The van der Waals surface area contributed by atoms with Crippen molar-refractivity contribution >= 4 is 23.5 Å². The van der Waals surface area contributed by atoms with Gasteiger partial charge in [-0.15, -0.1) is 0 Å². The number of hydrogen-bond acceptors (Lipinski definition) is 6. The maximum absolute atomic E-state index is 13.5. The molecule has 3 aliphatic rings. The first-order chi connectivity index (χ1) is 15.0. The molecule has 0 spiro atoms. The van der Waals surface area contributed by atoms with Crippen LogP contribution >= 0.6 is 0 Å². The number of halogens is 1. The molecule has 4 rings (SSSR count). The number of carbonyl (C=O) groups is 3. The number of carbonyl (C=O) groups excluding carboxylic acids is 3. The second-order valence-electron chi connectivity index (χ2n) is 7.73. The van der Waals surface area contributed by atoms with E-state index in [9.17, 15) is 18.8 Å². The lowest BCUT2D eigenvalue weighted by molar-refractivity contribution is -0.141. The standard InChI is InChI=1S/C22H26FN3O5/c1-2-31-22(29)25-9-7-17(8-10-25)26-20(27)18(15-3-5-16(23)6-4-15)19(21(26)28)24-11-13-30-14-12-24/h3-6,17H,2,7-14H2,1H3. The van der Waals surface area contributed by atoms with Crippen LogP contribution in [-0.2, 0) is 19.1 Å². The average Bonchev–Trinajstić information content (AvgIpc) is 3.05. The Kier molecular flexibility index (Phi) is 6.22. The van der Waals surface area contributed by atoms with Crippen molar-refractivity contribution in [1.82, 2.24) is 14.7 Å². The molecule has 0 aromatic heterocycles. The van der Waals surface area contributed by atoms with Crippen LogP contribution in [0.25, 0.3) is 5.57 Å². The van der Waals surface area contributed by atoms with Crippen molar-refractivity contribution < 1.29 is 28.2 Å². The number of nitrogens with zero attached hydrogens (tertiary/aromatic N) is 3. The molecule has 0 atom stereocenters. The summed E-state index contributed by atoms with van der Waals surface area (Å²) >= 11 is 0. The number of imide groups is 1. The topological polar surface area (TPSA) is 79.4 Å². The third kappa shape index (κ3) is 4.14. The molecule has 0 aliphatic carbocycles. The Morgan fingerprint density at radius 2 is 1.71 bits per heavy atom. The van der Waals surface area contributed by atoms with Crippen LogP contribution in [0.4, 0.5) is 9.18 Å². The number of hydrogen-bond donors (Lipinski definition) is 0. The van der Waals surface area contributed by atoms with Crippen molar-refractivity contribution in [1.29, 1.82) is 0 Å². The van der Waals surface area contributed by atoms with E-state index in [-0.39, 0.29) is 23.9 Å². The predicted octanol–water partition coefficient (Wildman–Crippen LogP) is 1.86. The maximum Gasteiger partial charge on any atom is 0.409 e. The van der Waals surface area contributed by atoms with Crippen molar-refractivity contribution in [3.8, 4) is 0 Å². The predicted molar refractivity (Wildman–Crippen MR) is 109 cm³/mol. The van der Waals surface area contributed by atoms with Crippen molar-refractivity contribution in [3.63, 3.8) is 0 Å². The Morgan fingerprint density at radius 3 is 2.32 bits per heavy atom. The summed E-state index contributed by atoms with van der Waals surface area (Å²) in [7, 11) is 0. The Labute approximate surface area is 180 Å². The Balaban J connectivity index is 1.59. The van der Waals surface area contributed by atoms with Crippen LogP contribution < -0.4 is 0 Å². The minimum Gasteiger partial charge on any atom is -0.450 e. The lowest BCUT2D eigenvalue weighted by Crippen LogP contribution is -2.50. The Hall–Kier alpha value is -2.94. The summed E-state index contributed by atoms with van der Waals surface area (Å²) in [6.07, 6.45) is 0.603. The van der Waals surface area contributed by atoms with Crippen LogP contribution in [-0.4, -0.2) is 84.6 Å². The van der Waals surface area contributed by atoms with Gasteiger partial charge in [-0.1, -0.05) is 12.1 Å². The van der Waals surface area contributed by atoms with Crippen molar-refractivity contribution in [2.24, 2.45) is 0 Å². The number of likely N-dealkylation sites (tertiary alicyclic amines) is 1. The molecule has 3 amide bonds. The zero-order valence-corrected chi connectivity index (χ0v) is 17.5. The number of amides is 3. The van der Waals surface area contributed by atoms with Crippen LogP contribution in [0.3, 0.4) is 0 Å². The van der Waals surface area contributed by atoms with Gasteiger partial charge in [0.2, 0.25) is 0 Å². The van der Waals surface area contributed by atoms with Gasteiger partial charge in [0.1, 0.15) is 11.5 Å². The van der Waals surface area contributed by atoms with E-state index in [1.807, 2.05) is 4.90 Å². The molecular formula is C22H26FN3O5. The molecule has 0 N–H and O–H groups in total. The van der Waals surface area contributed by atoms with Gasteiger partial charge < -0.3 is 19.3 Å². The highest BCUT2D eigenvalue weighted by atomic mass is 19.1. The van der Waals surface area contributed by atoms with E-state index < -0.39 is 5.82 Å². The molecule has 31 heavy (non-hydrogen) atoms. The first-order valence-electron chi connectivity index (χ1n) is 10.6. The number of piperidine rings is 1. The highest BCUT2D eigenvalue weighted by Crippen LogP contribution is 2.35. The molecule has 0 saturated carbocycles. The number of benzene rings is 1. The molecule has 3 heterocycles. The highest BCUT2D eigenvalue weighted by Gasteiger charge is 2.45. The first kappa shape index (κ1) is 21.3. The van der Waals surface area contributed by atoms with Gasteiger partial charge in [-0.2, -0.15) is 0 Å². The summed E-state index contributed by atoms with van der Waals surface area (Å²) in [5.74, 6) is -1.11. The molecule has 3 aliphatic heterocycles. The molecule has 8 nitrogen and oxygen atoms in total. The quantitative estimate of drug-likeness (QED) is 0.677. The lowest BCUT2D eigenvalue weighted by atomic mass is 10.0. The normalized spacial score (nSPS) is 20.6. The smallest absolute Gasteiger partial charge is 0.409 e. The minimum atomic E-state index is -0.405. The second-order valence-corrected chi connectivity index (χ2v) is 7.73. The van der Waals surface area contributed by atoms with Gasteiger partial charge >= 0.3 is 6.09 Å². The third-order valence-corrected chi connectivity index (χ3v) is 5.91. The van der Waals surface area contributed by atoms with E-state index in [2.05, 4.69) is 0 Å². The summed E-state index contributed by atoms with van der Waals surface area (Å²) in [5.41, 5.74) is 1.18. The van der Waals surface area contributed by atoms with Crippen LogP contribution in [0.1, 0.15) is 25.3 Å². The van der Waals surface area contributed by atoms with Crippen molar-refractivity contribution in [3.05, 3.63) is 41.3 Å². The summed E-state index contributed by atoms with van der Waals surface area (Å²) in [6.45, 7) is 4.85. The van der Waals surface area contributed by atoms with Crippen LogP contribution in [0, 0.1) is 5.82 Å². The van der Waals surface area contributed by atoms with Crippen molar-refractivity contribution in [2.75, 3.05) is 46.0 Å². The SMILES string of the molecule is CCOC(=O)N1CCC(N2C(=O)C(c3ccc(F)cc3)=C(N3CCOCC3)C2=O)CC1. The van der Waals surface area contributed by atoms with Gasteiger partial charge in [0, 0.05) is 32.2 Å². The first-order valence-corrected chi connectivity index (χ1v) is 10.6. The molecule has 9 heteroatoms. The molecule has 1 aromatic rings. The minimum absolute atomic E-state index is 0.301. The molecule has 0 radical (unpaired) electrons. The number of rotatable bonds is 4. The fraction of sp³-hybridized carbons (Fsp3) is 0.500. The van der Waals surface area contributed by atoms with E-state index in [4.69, 9.17) is 9.47 Å². The summed E-state index contributed by atoms with van der Waals surface area (Å²) < 4.78 is 23.9. The van der Waals surface area contributed by atoms with Gasteiger partial charge in [0.05, 0.1) is 25.4 Å². The maximum atomic E-state index is 13.5. The fourth-order valence-corrected chi connectivity index (χ4v) is 4.35. The number of ether oxygens (including phenoxy) is 2. The zero-order valence-electron chi connectivity index (χ0n) is 17.5. The highest BCUT2D eigenvalue weighted by molar-refractivity contribution is 6.35. The molecule has 2 fully saturated rings. The van der Waals surface area contributed by atoms with Gasteiger partial charge in [-0.25, -0.2) is 9.18 Å². The molecule has 0 unspecified atom stereocenters. The van der Waals surface area contributed by atoms with E-state index in [1.165, 1.54) is 29.2 Å². The molecule has 1 aromatic carbocycles. The Bertz CT molecular complexity index is 887. The van der Waals surface area contributed by atoms with E-state index in [0.717, 1.165) is 0 Å². The summed E-state index contributed by atoms with van der Waals surface area (Å²) in [4.78, 5) is 43.7. The molecule has 0 bridgehead atoms. The fourth-order valence-electron chi connectivity index (χ4n) is 4.35. The van der Waals surface area contributed by atoms with Crippen LogP contribution in [0.15, 0.2) is 30.0 Å². The third-order valence-electron chi connectivity index (χ3n) is 5.91. The summed E-state index contributed by atoms with van der Waals surface area (Å²) in [5, 5.41) is 0. The lowest BCUT2D eigenvalue weighted by Gasteiger charge is -2.36. The van der Waals surface area contributed by atoms with Gasteiger partial charge in [0.15, 0.2) is 0 Å². The van der Waals surface area contributed by atoms with E-state index >= 15 is 0 Å². The summed E-state index contributed by atoms with van der Waals surface area (Å²) in [6, 6.07) is 5.33. The van der Waals surface area contributed by atoms with Gasteiger partial charge in [-0.3, -0.25) is 14.5 Å². The average molecular weight is 431 g/mol. The largest absolute Gasteiger partial charge is 0.450 e. The monoisotopic (exact) mass is 431 g/mol. The van der Waals surface area contributed by atoms with Crippen LogP contribution in [0.5, 0.6) is 0 Å². The number of morpholine rings is 1. The van der Waals surface area contributed by atoms with Crippen LogP contribution in [0.2, 0.25) is 0 Å². The van der Waals surface area contributed by atoms with Gasteiger partial charge in [-0.05, 0) is 37.5 Å². The second kappa shape index (κ2) is 9.05. The van der Waals surface area contributed by atoms with Crippen molar-refractivity contribution in [2.45, 2.75) is 25.8 Å². The molecule has 2 saturated heterocycles. The molecular weight excluding hydrogens is 405 g/mol. The van der Waals surface area contributed by atoms with E-state index in [0.29, 0.717) is 75.7 Å². The van der Waals surface area contributed by atoms with Gasteiger partial charge in [0.25, 0.3) is 11.8 Å². The Morgan fingerprint density at radius 1 is 1.06 bits per heavy atom. The zero-order chi connectivity index (χ0) is 22.0. The molecule has 166 valence electrons.